The summed E-state index contributed by atoms with van der Waals surface area (Å²) in [5, 5.41) is 0.158. The molecule has 5 nitrogen and oxygen atoms in total. The Kier molecular flexibility index (Phi) is 6.45. The van der Waals surface area contributed by atoms with Crippen LogP contribution in [-0.2, 0) is 23.5 Å². The van der Waals surface area contributed by atoms with Crippen LogP contribution in [-0.4, -0.2) is 44.5 Å². The lowest BCUT2D eigenvalue weighted by molar-refractivity contribution is -0.138. The molecule has 1 saturated heterocycles. The van der Waals surface area contributed by atoms with Crippen LogP contribution in [0.4, 0.5) is 0 Å². The van der Waals surface area contributed by atoms with Crippen molar-refractivity contribution in [1.82, 2.24) is 0 Å². The first-order valence-corrected chi connectivity index (χ1v) is 13.5. The van der Waals surface area contributed by atoms with Gasteiger partial charge in [-0.3, -0.25) is 4.79 Å². The molecular formula is C23H38O5Si. The van der Waals surface area contributed by atoms with E-state index >= 15 is 0 Å². The van der Waals surface area contributed by atoms with E-state index in [4.69, 9.17) is 13.9 Å². The van der Waals surface area contributed by atoms with Gasteiger partial charge in [0.25, 0.3) is 0 Å². The molecule has 1 aliphatic heterocycles. The molecular weight excluding hydrogens is 384 g/mol. The Morgan fingerprint density at radius 3 is 2.31 bits per heavy atom. The Morgan fingerprint density at radius 1 is 1.21 bits per heavy atom. The molecule has 0 aromatic rings. The molecule has 0 amide bonds. The van der Waals surface area contributed by atoms with Crippen molar-refractivity contribution in [3.63, 3.8) is 0 Å². The number of hydrogen-bond donors (Lipinski definition) is 0. The van der Waals surface area contributed by atoms with Crippen LogP contribution in [0, 0.1) is 5.41 Å². The highest BCUT2D eigenvalue weighted by atomic mass is 28.4. The topological polar surface area (TPSA) is 65.1 Å². The molecule has 29 heavy (non-hydrogen) atoms. The summed E-state index contributed by atoms with van der Waals surface area (Å²) >= 11 is 0. The van der Waals surface area contributed by atoms with Crippen molar-refractivity contribution in [2.75, 3.05) is 6.61 Å². The normalized spacial score (nSPS) is 32.0. The quantitative estimate of drug-likeness (QED) is 0.145. The third-order valence-corrected chi connectivity index (χ3v) is 11.5. The van der Waals surface area contributed by atoms with Gasteiger partial charge in [0.05, 0.1) is 12.2 Å². The van der Waals surface area contributed by atoms with Crippen molar-refractivity contribution < 1.29 is 23.5 Å². The molecule has 0 bridgehead atoms. The summed E-state index contributed by atoms with van der Waals surface area (Å²) in [7, 11) is -1.88. The van der Waals surface area contributed by atoms with Crippen molar-refractivity contribution in [1.29, 1.82) is 0 Å². The van der Waals surface area contributed by atoms with Gasteiger partial charge in [0.15, 0.2) is 8.32 Å². The van der Waals surface area contributed by atoms with Gasteiger partial charge in [-0.2, -0.15) is 0 Å². The Labute approximate surface area is 177 Å². The number of fused-ring (bicyclic) bond motifs is 1. The van der Waals surface area contributed by atoms with Crippen LogP contribution >= 0.6 is 0 Å². The predicted molar refractivity (Wildman–Crippen MR) is 117 cm³/mol. The largest absolute Gasteiger partial charge is 0.462 e. The number of allylic oxidation sites excluding steroid dienone is 1. The van der Waals surface area contributed by atoms with Crippen molar-refractivity contribution >= 4 is 20.6 Å². The second-order valence-corrected chi connectivity index (χ2v) is 15.4. The molecule has 2 rings (SSSR count). The first kappa shape index (κ1) is 24.0. The Morgan fingerprint density at radius 2 is 1.83 bits per heavy atom. The minimum absolute atomic E-state index is 0.148. The number of rotatable bonds is 7. The van der Waals surface area contributed by atoms with Gasteiger partial charge in [-0.05, 0) is 56.6 Å². The van der Waals surface area contributed by atoms with E-state index in [1.54, 1.807) is 13.0 Å². The maximum Gasteiger partial charge on any atom is 0.338 e. The summed E-state index contributed by atoms with van der Waals surface area (Å²) in [5.41, 5.74) is -0.768. The van der Waals surface area contributed by atoms with Gasteiger partial charge in [-0.1, -0.05) is 34.6 Å². The van der Waals surface area contributed by atoms with Crippen LogP contribution in [0.5, 0.6) is 0 Å². The standard InChI is InChI=1S/C23H38O5Si/c1-10-26-19(25)17(12-14-24)11-13-23-21(5,6)15-18(16-22(23,7)28-23)27-29(8,9)20(2,3)4/h11-14,18H,10,15-16H2,1-9H3/b13-11+,17-12-/t18-,22+,23-/m0/s1. The summed E-state index contributed by atoms with van der Waals surface area (Å²) in [4.78, 5) is 23.1. The molecule has 3 atom stereocenters. The number of ether oxygens (including phenoxy) is 2. The fourth-order valence-electron chi connectivity index (χ4n) is 4.40. The minimum atomic E-state index is -1.88. The summed E-state index contributed by atoms with van der Waals surface area (Å²) in [6.07, 6.45) is 7.32. The molecule has 2 fully saturated rings. The summed E-state index contributed by atoms with van der Waals surface area (Å²) in [6.45, 7) is 19.8. The first-order chi connectivity index (χ1) is 13.1. The van der Waals surface area contributed by atoms with Crippen LogP contribution in [0.15, 0.2) is 23.8 Å². The van der Waals surface area contributed by atoms with Crippen molar-refractivity contribution in [2.45, 2.75) is 96.7 Å². The summed E-state index contributed by atoms with van der Waals surface area (Å²) in [6, 6.07) is 0. The van der Waals surface area contributed by atoms with E-state index in [0.717, 1.165) is 12.8 Å². The highest BCUT2D eigenvalue weighted by Crippen LogP contribution is 2.66. The fourth-order valence-corrected chi connectivity index (χ4v) is 5.76. The monoisotopic (exact) mass is 422 g/mol. The Bertz CT molecular complexity index is 715. The zero-order chi connectivity index (χ0) is 22.3. The Balaban J connectivity index is 2.24. The van der Waals surface area contributed by atoms with Crippen LogP contribution in [0.2, 0.25) is 18.1 Å². The highest BCUT2D eigenvalue weighted by Gasteiger charge is 2.75. The lowest BCUT2D eigenvalue weighted by Gasteiger charge is -2.45. The van der Waals surface area contributed by atoms with E-state index in [0.29, 0.717) is 6.29 Å². The molecule has 0 spiro atoms. The smallest absolute Gasteiger partial charge is 0.338 e. The predicted octanol–water partition coefficient (Wildman–Crippen LogP) is 4.97. The van der Waals surface area contributed by atoms with Crippen molar-refractivity contribution in [2.24, 2.45) is 5.41 Å². The molecule has 1 aliphatic carbocycles. The molecule has 0 aromatic carbocycles. The molecule has 0 radical (unpaired) electrons. The van der Waals surface area contributed by atoms with Crippen molar-refractivity contribution in [3.8, 4) is 0 Å². The molecule has 0 aromatic heterocycles. The van der Waals surface area contributed by atoms with Crippen LogP contribution in [0.3, 0.4) is 0 Å². The van der Waals surface area contributed by atoms with Crippen LogP contribution < -0.4 is 0 Å². The highest BCUT2D eigenvalue weighted by molar-refractivity contribution is 6.74. The van der Waals surface area contributed by atoms with Gasteiger partial charge in [0.2, 0.25) is 0 Å². The number of epoxide rings is 1. The minimum Gasteiger partial charge on any atom is -0.462 e. The van der Waals surface area contributed by atoms with Gasteiger partial charge in [-0.15, -0.1) is 0 Å². The van der Waals surface area contributed by atoms with E-state index in [9.17, 15) is 9.59 Å². The van der Waals surface area contributed by atoms with E-state index in [1.165, 1.54) is 6.08 Å². The number of hydrogen-bond acceptors (Lipinski definition) is 5. The molecule has 164 valence electrons. The molecule has 1 saturated carbocycles. The third kappa shape index (κ3) is 4.44. The number of carbonyl (C=O) groups is 2. The third-order valence-electron chi connectivity index (χ3n) is 7.01. The van der Waals surface area contributed by atoms with Gasteiger partial charge in [-0.25, -0.2) is 4.79 Å². The van der Waals surface area contributed by atoms with Gasteiger partial charge < -0.3 is 13.9 Å². The van der Waals surface area contributed by atoms with E-state index in [-0.39, 0.29) is 34.3 Å². The van der Waals surface area contributed by atoms with Gasteiger partial charge >= 0.3 is 5.97 Å². The fraction of sp³-hybridized carbons (Fsp3) is 0.739. The molecule has 0 N–H and O–H groups in total. The SMILES string of the molecule is CCOC(=O)C(=C\C=O)/C=C/[C@@]12O[C@]1(C)C[C@@H](O[Si](C)(C)C(C)(C)C)CC2(C)C. The van der Waals surface area contributed by atoms with Crippen LogP contribution in [0.1, 0.15) is 61.3 Å². The lowest BCUT2D eigenvalue weighted by Crippen LogP contribution is -2.51. The van der Waals surface area contributed by atoms with Crippen LogP contribution in [0.25, 0.3) is 0 Å². The van der Waals surface area contributed by atoms with Gasteiger partial charge in [0.1, 0.15) is 17.5 Å². The lowest BCUT2D eigenvalue weighted by atomic mass is 9.63. The van der Waals surface area contributed by atoms with E-state index in [2.05, 4.69) is 54.6 Å². The molecule has 1 heterocycles. The van der Waals surface area contributed by atoms with E-state index < -0.39 is 19.9 Å². The molecule has 0 unspecified atom stereocenters. The van der Waals surface area contributed by atoms with E-state index in [1.807, 2.05) is 6.08 Å². The summed E-state index contributed by atoms with van der Waals surface area (Å²) in [5.74, 6) is -0.498. The second-order valence-electron chi connectivity index (χ2n) is 10.7. The molecule has 2 aliphatic rings. The van der Waals surface area contributed by atoms with Crippen molar-refractivity contribution in [3.05, 3.63) is 23.8 Å². The van der Waals surface area contributed by atoms with Gasteiger partial charge in [0, 0.05) is 17.9 Å². The maximum atomic E-state index is 12.1. The maximum absolute atomic E-state index is 12.1. The average Bonchev–Trinajstić information content (AvgIpc) is 3.16. The Hall–Kier alpha value is -1.24. The first-order valence-electron chi connectivity index (χ1n) is 10.5. The number of carbonyl (C=O) groups excluding carboxylic acids is 2. The molecule has 6 heteroatoms. The second kappa shape index (κ2) is 7.78. The summed E-state index contributed by atoms with van der Waals surface area (Å²) < 4.78 is 18.1. The zero-order valence-electron chi connectivity index (χ0n) is 19.5. The number of esters is 1. The average molecular weight is 423 g/mol. The zero-order valence-corrected chi connectivity index (χ0v) is 20.5. The number of aldehydes is 1.